The molecule has 6 nitrogen and oxygen atoms in total. The van der Waals surface area contributed by atoms with Gasteiger partial charge in [-0.05, 0) is 37.1 Å². The third-order valence-electron chi connectivity index (χ3n) is 4.09. The highest BCUT2D eigenvalue weighted by Crippen LogP contribution is 2.32. The maximum absolute atomic E-state index is 11.1. The molecular formula is C17H21N5O. The van der Waals surface area contributed by atoms with Gasteiger partial charge in [0.1, 0.15) is 0 Å². The highest BCUT2D eigenvalue weighted by atomic mass is 16.1. The largest absolute Gasteiger partial charge is 0.351 e. The third-order valence-corrected chi connectivity index (χ3v) is 4.09. The van der Waals surface area contributed by atoms with Crippen LogP contribution >= 0.6 is 0 Å². The average molecular weight is 311 g/mol. The molecule has 120 valence electrons. The van der Waals surface area contributed by atoms with Gasteiger partial charge < -0.3 is 5.32 Å². The Balaban J connectivity index is 1.72. The molecule has 1 amide bonds. The Hall–Kier alpha value is -2.34. The van der Waals surface area contributed by atoms with Crippen LogP contribution in [0.2, 0.25) is 0 Å². The van der Waals surface area contributed by atoms with Gasteiger partial charge in [-0.3, -0.25) is 24.6 Å². The molecule has 1 saturated heterocycles. The van der Waals surface area contributed by atoms with E-state index in [1.807, 2.05) is 12.4 Å². The fourth-order valence-corrected chi connectivity index (χ4v) is 3.03. The number of carbonyl (C=O) groups is 1. The van der Waals surface area contributed by atoms with Crippen LogP contribution in [0.15, 0.2) is 36.9 Å². The molecule has 0 radical (unpaired) electrons. The minimum Gasteiger partial charge on any atom is -0.351 e. The Labute approximate surface area is 136 Å². The van der Waals surface area contributed by atoms with Crippen LogP contribution in [-0.4, -0.2) is 32.3 Å². The number of nitrogens with zero attached hydrogens (tertiary/aromatic N) is 4. The second kappa shape index (κ2) is 7.28. The molecule has 0 bridgehead atoms. The van der Waals surface area contributed by atoms with Crippen molar-refractivity contribution in [1.82, 2.24) is 25.2 Å². The molecule has 0 unspecified atom stereocenters. The molecule has 2 aromatic heterocycles. The Morgan fingerprint density at radius 1 is 1.30 bits per heavy atom. The molecule has 1 aliphatic rings. The monoisotopic (exact) mass is 311 g/mol. The number of aromatic nitrogens is 3. The molecule has 23 heavy (non-hydrogen) atoms. The standard InChI is InChI=1S/C17H21N5O/c1-13(23)21-11-15-9-14(4-5-19-15)17-3-2-8-22(17)12-16-10-18-6-7-20-16/h4-7,9-10,17H,2-3,8,11-12H2,1H3,(H,21,23)/t17-/m0/s1. The fourth-order valence-electron chi connectivity index (χ4n) is 3.03. The first kappa shape index (κ1) is 15.6. The van der Waals surface area contributed by atoms with Crippen LogP contribution < -0.4 is 5.32 Å². The van der Waals surface area contributed by atoms with Gasteiger partial charge in [0.05, 0.1) is 17.9 Å². The van der Waals surface area contributed by atoms with Crippen molar-refractivity contribution in [2.75, 3.05) is 6.54 Å². The van der Waals surface area contributed by atoms with E-state index in [-0.39, 0.29) is 5.91 Å². The van der Waals surface area contributed by atoms with Gasteiger partial charge in [0, 0.05) is 44.3 Å². The maximum atomic E-state index is 11.1. The lowest BCUT2D eigenvalue weighted by Gasteiger charge is -2.24. The molecule has 0 aromatic carbocycles. The predicted molar refractivity (Wildman–Crippen MR) is 86.2 cm³/mol. The van der Waals surface area contributed by atoms with E-state index in [1.54, 1.807) is 12.4 Å². The molecule has 0 aliphatic carbocycles. The molecule has 3 rings (SSSR count). The van der Waals surface area contributed by atoms with Gasteiger partial charge in [0.25, 0.3) is 0 Å². The van der Waals surface area contributed by atoms with Gasteiger partial charge in [-0.15, -0.1) is 0 Å². The Bertz CT molecular complexity index is 661. The molecule has 1 fully saturated rings. The zero-order valence-corrected chi connectivity index (χ0v) is 13.3. The van der Waals surface area contributed by atoms with Crippen molar-refractivity contribution in [3.05, 3.63) is 53.9 Å². The summed E-state index contributed by atoms with van der Waals surface area (Å²) in [5, 5.41) is 2.80. The normalized spacial score (nSPS) is 18.0. The first-order chi connectivity index (χ1) is 11.2. The summed E-state index contributed by atoms with van der Waals surface area (Å²) in [6.07, 6.45) is 9.38. The summed E-state index contributed by atoms with van der Waals surface area (Å²) in [6.45, 7) is 3.86. The van der Waals surface area contributed by atoms with Gasteiger partial charge in [-0.25, -0.2) is 0 Å². The van der Waals surface area contributed by atoms with Gasteiger partial charge in [0.15, 0.2) is 0 Å². The molecule has 0 spiro atoms. The average Bonchev–Trinajstić information content (AvgIpc) is 3.02. The number of hydrogen-bond donors (Lipinski definition) is 1. The zero-order chi connectivity index (χ0) is 16.1. The van der Waals surface area contributed by atoms with Crippen molar-refractivity contribution < 1.29 is 4.79 Å². The lowest BCUT2D eigenvalue weighted by atomic mass is 10.0. The van der Waals surface area contributed by atoms with Crippen LogP contribution in [0, 0.1) is 0 Å². The number of hydrogen-bond acceptors (Lipinski definition) is 5. The maximum Gasteiger partial charge on any atom is 0.217 e. The summed E-state index contributed by atoms with van der Waals surface area (Å²) in [6, 6.07) is 4.53. The molecule has 0 saturated carbocycles. The number of amides is 1. The second-order valence-electron chi connectivity index (χ2n) is 5.82. The SMILES string of the molecule is CC(=O)NCc1cc([C@@H]2CCCN2Cc2cnccn2)ccn1. The smallest absolute Gasteiger partial charge is 0.217 e. The van der Waals surface area contributed by atoms with E-state index in [0.717, 1.165) is 30.9 Å². The van der Waals surface area contributed by atoms with E-state index >= 15 is 0 Å². The first-order valence-electron chi connectivity index (χ1n) is 7.90. The summed E-state index contributed by atoms with van der Waals surface area (Å²) in [5.74, 6) is -0.0395. The van der Waals surface area contributed by atoms with E-state index in [4.69, 9.17) is 0 Å². The number of likely N-dealkylation sites (tertiary alicyclic amines) is 1. The highest BCUT2D eigenvalue weighted by molar-refractivity contribution is 5.72. The number of rotatable bonds is 5. The molecule has 6 heteroatoms. The van der Waals surface area contributed by atoms with Crippen LogP contribution in [-0.2, 0) is 17.9 Å². The summed E-state index contributed by atoms with van der Waals surface area (Å²) in [7, 11) is 0. The summed E-state index contributed by atoms with van der Waals surface area (Å²) >= 11 is 0. The summed E-state index contributed by atoms with van der Waals surface area (Å²) < 4.78 is 0. The van der Waals surface area contributed by atoms with Crippen molar-refractivity contribution >= 4 is 5.91 Å². The van der Waals surface area contributed by atoms with Crippen LogP contribution in [0.3, 0.4) is 0 Å². The minimum atomic E-state index is -0.0395. The van der Waals surface area contributed by atoms with E-state index in [2.05, 4.69) is 37.3 Å². The number of pyridine rings is 1. The first-order valence-corrected chi connectivity index (χ1v) is 7.90. The van der Waals surface area contributed by atoms with Crippen LogP contribution in [0.25, 0.3) is 0 Å². The van der Waals surface area contributed by atoms with E-state index < -0.39 is 0 Å². The van der Waals surface area contributed by atoms with Crippen molar-refractivity contribution in [2.45, 2.75) is 38.9 Å². The van der Waals surface area contributed by atoms with Crippen LogP contribution in [0.4, 0.5) is 0 Å². The van der Waals surface area contributed by atoms with Gasteiger partial charge in [-0.2, -0.15) is 0 Å². The van der Waals surface area contributed by atoms with E-state index in [1.165, 1.54) is 18.9 Å². The predicted octanol–water partition coefficient (Wildman–Crippen LogP) is 1.84. The van der Waals surface area contributed by atoms with Crippen LogP contribution in [0.1, 0.15) is 42.8 Å². The van der Waals surface area contributed by atoms with Crippen molar-refractivity contribution in [3.63, 3.8) is 0 Å². The van der Waals surface area contributed by atoms with Crippen LogP contribution in [0.5, 0.6) is 0 Å². The van der Waals surface area contributed by atoms with Crippen molar-refractivity contribution in [2.24, 2.45) is 0 Å². The minimum absolute atomic E-state index is 0.0395. The molecule has 2 aromatic rings. The highest BCUT2D eigenvalue weighted by Gasteiger charge is 2.26. The molecule has 1 N–H and O–H groups in total. The molecule has 1 atom stereocenters. The van der Waals surface area contributed by atoms with Crippen molar-refractivity contribution in [1.29, 1.82) is 0 Å². The summed E-state index contributed by atoms with van der Waals surface area (Å²) in [4.78, 5) is 26.3. The van der Waals surface area contributed by atoms with Gasteiger partial charge >= 0.3 is 0 Å². The lowest BCUT2D eigenvalue weighted by molar-refractivity contribution is -0.119. The third kappa shape index (κ3) is 4.10. The quantitative estimate of drug-likeness (QED) is 0.912. The molecular weight excluding hydrogens is 290 g/mol. The molecule has 1 aliphatic heterocycles. The number of nitrogens with one attached hydrogen (secondary N) is 1. The van der Waals surface area contributed by atoms with E-state index in [9.17, 15) is 4.79 Å². The Morgan fingerprint density at radius 3 is 2.96 bits per heavy atom. The zero-order valence-electron chi connectivity index (χ0n) is 13.3. The van der Waals surface area contributed by atoms with Crippen molar-refractivity contribution in [3.8, 4) is 0 Å². The Morgan fingerprint density at radius 2 is 2.17 bits per heavy atom. The molecule has 3 heterocycles. The second-order valence-corrected chi connectivity index (χ2v) is 5.82. The lowest BCUT2D eigenvalue weighted by Crippen LogP contribution is -2.24. The summed E-state index contributed by atoms with van der Waals surface area (Å²) in [5.41, 5.74) is 3.14. The topological polar surface area (TPSA) is 71.0 Å². The fraction of sp³-hybridized carbons (Fsp3) is 0.412. The van der Waals surface area contributed by atoms with Gasteiger partial charge in [-0.1, -0.05) is 0 Å². The Kier molecular flexibility index (Phi) is 4.92. The van der Waals surface area contributed by atoms with E-state index in [0.29, 0.717) is 12.6 Å². The van der Waals surface area contributed by atoms with Gasteiger partial charge in [0.2, 0.25) is 5.91 Å². The number of carbonyl (C=O) groups excluding carboxylic acids is 1.